The molecule has 3 aliphatic rings. The number of hydrogen-bond donors (Lipinski definition) is 0. The van der Waals surface area contributed by atoms with Gasteiger partial charge in [0.25, 0.3) is 5.56 Å². The van der Waals surface area contributed by atoms with Crippen LogP contribution in [-0.4, -0.2) is 67.1 Å². The van der Waals surface area contributed by atoms with Gasteiger partial charge in [0.1, 0.15) is 19.0 Å². The largest absolute Gasteiger partial charge is 0.459 e. The maximum absolute atomic E-state index is 13.4. The van der Waals surface area contributed by atoms with Crippen molar-refractivity contribution in [3.8, 4) is 11.5 Å². The number of rotatable bonds is 8. The molecule has 0 bridgehead atoms. The summed E-state index contributed by atoms with van der Waals surface area (Å²) in [6, 6.07) is 24.3. The van der Waals surface area contributed by atoms with Crippen molar-refractivity contribution in [2.24, 2.45) is 7.05 Å². The number of esters is 3. The number of carbonyl (C=O) groups is 3. The molecule has 3 aromatic rings. The molecule has 0 saturated carbocycles. The molecule has 0 amide bonds. The van der Waals surface area contributed by atoms with Crippen LogP contribution in [0.15, 0.2) is 107 Å². The molecular formula is C32H25N5O9. The SMILES string of the molecule is Cn1c(=O)nc2n([C@@H]3O[C@H](COC(=O)c4ccccc4)[C@@H](OC(=O)c4ccccc4)[C@H]3OC(=O)c3ccccc3)ncnc-2c1=O. The standard InChI is InChI=1S/C32H25N5O9/c1-36-27(38)23-26(35-32(36)42)37(34-18-33-23)28-25(46-31(41)21-15-9-4-10-16-21)24(45-30(40)20-13-7-3-8-14-20)22(44-28)17-43-29(39)19-11-5-2-6-12-19/h2-16,18,22,24-25,28H,17H2,1H3/t22-,24-,25-,28-/m1/s1. The molecule has 0 N–H and O–H groups in total. The molecule has 0 spiro atoms. The van der Waals surface area contributed by atoms with Gasteiger partial charge in [-0.15, -0.1) is 0 Å². The Morgan fingerprint density at radius 3 is 1.85 bits per heavy atom. The first-order chi connectivity index (χ1) is 22.3. The molecular weight excluding hydrogens is 598 g/mol. The third-order valence-electron chi connectivity index (χ3n) is 7.21. The average molecular weight is 624 g/mol. The summed E-state index contributed by atoms with van der Waals surface area (Å²) in [6.07, 6.45) is -4.40. The molecule has 0 radical (unpaired) electrons. The molecule has 14 heteroatoms. The molecule has 232 valence electrons. The van der Waals surface area contributed by atoms with Crippen LogP contribution in [0.5, 0.6) is 0 Å². The van der Waals surface area contributed by atoms with Crippen LogP contribution in [0.1, 0.15) is 37.3 Å². The van der Waals surface area contributed by atoms with E-state index < -0.39 is 60.3 Å². The first kappa shape index (κ1) is 30.0. The third-order valence-corrected chi connectivity index (χ3v) is 7.21. The fourth-order valence-corrected chi connectivity index (χ4v) is 4.87. The molecule has 4 atom stereocenters. The first-order valence-corrected chi connectivity index (χ1v) is 14.0. The fourth-order valence-electron chi connectivity index (χ4n) is 4.87. The van der Waals surface area contributed by atoms with E-state index >= 15 is 0 Å². The Morgan fingerprint density at radius 2 is 1.28 bits per heavy atom. The highest BCUT2D eigenvalue weighted by Crippen LogP contribution is 2.36. The number of carbonyl (C=O) groups excluding carboxylic acids is 3. The summed E-state index contributed by atoms with van der Waals surface area (Å²) in [4.78, 5) is 72.9. The van der Waals surface area contributed by atoms with E-state index in [9.17, 15) is 24.0 Å². The minimum atomic E-state index is -1.44. The lowest BCUT2D eigenvalue weighted by Gasteiger charge is -2.25. The van der Waals surface area contributed by atoms with Crippen molar-refractivity contribution in [2.75, 3.05) is 6.61 Å². The normalized spacial score (nSPS) is 19.0. The van der Waals surface area contributed by atoms with Crippen molar-refractivity contribution in [3.05, 3.63) is 135 Å². The Morgan fingerprint density at radius 1 is 0.761 bits per heavy atom. The Kier molecular flexibility index (Phi) is 8.43. The molecule has 0 aliphatic carbocycles. The molecule has 14 nitrogen and oxygen atoms in total. The van der Waals surface area contributed by atoms with Crippen molar-refractivity contribution in [1.29, 1.82) is 0 Å². The Labute approximate surface area is 260 Å². The number of aromatic nitrogens is 5. The van der Waals surface area contributed by atoms with Gasteiger partial charge in [0.2, 0.25) is 0 Å². The third kappa shape index (κ3) is 6.01. The average Bonchev–Trinajstić information content (AvgIpc) is 3.42. The van der Waals surface area contributed by atoms with E-state index in [4.69, 9.17) is 18.9 Å². The van der Waals surface area contributed by atoms with E-state index in [1.54, 1.807) is 66.7 Å². The minimum Gasteiger partial charge on any atom is -0.459 e. The minimum absolute atomic E-state index is 0.180. The molecule has 6 rings (SSSR count). The van der Waals surface area contributed by atoms with Crippen molar-refractivity contribution in [3.63, 3.8) is 0 Å². The second kappa shape index (κ2) is 12.9. The van der Waals surface area contributed by atoms with Crippen LogP contribution in [0.2, 0.25) is 0 Å². The van der Waals surface area contributed by atoms with Gasteiger partial charge in [0, 0.05) is 7.05 Å². The lowest BCUT2D eigenvalue weighted by atomic mass is 10.1. The maximum Gasteiger partial charge on any atom is 0.352 e. The molecule has 3 heterocycles. The summed E-state index contributed by atoms with van der Waals surface area (Å²) in [5.74, 6) is -2.52. The zero-order valence-electron chi connectivity index (χ0n) is 24.2. The number of hydrogen-bond acceptors (Lipinski definition) is 12. The Bertz CT molecular complexity index is 1970. The van der Waals surface area contributed by atoms with Gasteiger partial charge in [-0.25, -0.2) is 28.8 Å². The predicted octanol–water partition coefficient (Wildman–Crippen LogP) is 2.04. The van der Waals surface area contributed by atoms with Crippen LogP contribution in [0.25, 0.3) is 11.5 Å². The number of benzene rings is 3. The highest BCUT2D eigenvalue weighted by molar-refractivity contribution is 5.91. The van der Waals surface area contributed by atoms with Gasteiger partial charge in [0.05, 0.1) is 16.7 Å². The molecule has 46 heavy (non-hydrogen) atoms. The molecule has 3 aromatic carbocycles. The van der Waals surface area contributed by atoms with Crippen molar-refractivity contribution < 1.29 is 33.3 Å². The van der Waals surface area contributed by atoms with E-state index in [0.717, 1.165) is 15.6 Å². The Hall–Kier alpha value is -6.02. The van der Waals surface area contributed by atoms with E-state index in [0.29, 0.717) is 0 Å². The van der Waals surface area contributed by atoms with Crippen LogP contribution in [0.3, 0.4) is 0 Å². The number of fused-ring (bicyclic) bond motifs is 1. The summed E-state index contributed by atoms with van der Waals surface area (Å²) >= 11 is 0. The maximum atomic E-state index is 13.4. The second-order valence-corrected chi connectivity index (χ2v) is 10.1. The van der Waals surface area contributed by atoms with Crippen LogP contribution in [-0.2, 0) is 26.0 Å². The van der Waals surface area contributed by atoms with Gasteiger partial charge in [-0.2, -0.15) is 10.1 Å². The van der Waals surface area contributed by atoms with Gasteiger partial charge < -0.3 is 18.9 Å². The predicted molar refractivity (Wildman–Crippen MR) is 158 cm³/mol. The fraction of sp³-hybridized carbons (Fsp3) is 0.188. The van der Waals surface area contributed by atoms with E-state index in [-0.39, 0.29) is 28.2 Å². The number of nitrogens with zero attached hydrogens (tertiary/aromatic N) is 5. The second-order valence-electron chi connectivity index (χ2n) is 10.1. The van der Waals surface area contributed by atoms with Gasteiger partial charge in [0.15, 0.2) is 30.0 Å². The molecule has 3 aliphatic heterocycles. The van der Waals surface area contributed by atoms with Crippen molar-refractivity contribution in [2.45, 2.75) is 24.5 Å². The molecule has 0 aromatic heterocycles. The summed E-state index contributed by atoms with van der Waals surface area (Å²) in [5, 5.41) is 4.17. The Balaban J connectivity index is 1.42. The van der Waals surface area contributed by atoms with Crippen molar-refractivity contribution >= 4 is 17.9 Å². The quantitative estimate of drug-likeness (QED) is 0.182. The molecule has 1 fully saturated rings. The van der Waals surface area contributed by atoms with E-state index in [1.807, 2.05) is 0 Å². The smallest absolute Gasteiger partial charge is 0.352 e. The van der Waals surface area contributed by atoms with E-state index in [1.165, 1.54) is 31.3 Å². The summed E-state index contributed by atoms with van der Waals surface area (Å²) in [6.45, 7) is -0.443. The lowest BCUT2D eigenvalue weighted by molar-refractivity contribution is -0.0675. The zero-order valence-corrected chi connectivity index (χ0v) is 24.2. The van der Waals surface area contributed by atoms with Crippen LogP contribution in [0.4, 0.5) is 0 Å². The van der Waals surface area contributed by atoms with Crippen molar-refractivity contribution in [1.82, 2.24) is 24.3 Å². The van der Waals surface area contributed by atoms with Crippen LogP contribution < -0.4 is 11.2 Å². The van der Waals surface area contributed by atoms with Crippen LogP contribution in [0, 0.1) is 0 Å². The number of ether oxygens (including phenoxy) is 4. The topological polar surface area (TPSA) is 171 Å². The first-order valence-electron chi connectivity index (χ1n) is 14.0. The van der Waals surface area contributed by atoms with Gasteiger partial charge in [-0.1, -0.05) is 54.6 Å². The van der Waals surface area contributed by atoms with Gasteiger partial charge in [-0.3, -0.25) is 9.36 Å². The van der Waals surface area contributed by atoms with E-state index in [2.05, 4.69) is 15.1 Å². The summed E-state index contributed by atoms with van der Waals surface area (Å²) < 4.78 is 25.4. The zero-order chi connectivity index (χ0) is 32.2. The lowest BCUT2D eigenvalue weighted by Crippen LogP contribution is -2.42. The van der Waals surface area contributed by atoms with Gasteiger partial charge >= 0.3 is 23.6 Å². The summed E-state index contributed by atoms with van der Waals surface area (Å²) in [7, 11) is 1.25. The molecule has 0 unspecified atom stereocenters. The monoisotopic (exact) mass is 623 g/mol. The summed E-state index contributed by atoms with van der Waals surface area (Å²) in [5.41, 5.74) is -1.22. The highest BCUT2D eigenvalue weighted by Gasteiger charge is 2.52. The van der Waals surface area contributed by atoms with Crippen LogP contribution >= 0.6 is 0 Å². The molecule has 1 saturated heterocycles. The van der Waals surface area contributed by atoms with Gasteiger partial charge in [-0.05, 0) is 36.4 Å². The highest BCUT2D eigenvalue weighted by atomic mass is 16.7.